The number of nitrogens with zero attached hydrogens (tertiary/aromatic N) is 2. The first-order chi connectivity index (χ1) is 21.4. The Bertz CT molecular complexity index is 2040. The predicted octanol–water partition coefficient (Wildman–Crippen LogP) is 6.93. The number of benzene rings is 4. The fourth-order valence-electron chi connectivity index (χ4n) is 4.99. The van der Waals surface area contributed by atoms with Crippen molar-refractivity contribution in [3.63, 3.8) is 0 Å². The highest BCUT2D eigenvalue weighted by Gasteiger charge is 2.35. The molecule has 0 saturated heterocycles. The van der Waals surface area contributed by atoms with Gasteiger partial charge in [0.25, 0.3) is 5.56 Å². The number of esters is 1. The summed E-state index contributed by atoms with van der Waals surface area (Å²) < 4.78 is 14.6. The number of carbonyl (C=O) groups excluding carboxylic acids is 1. The average Bonchev–Trinajstić information content (AvgIpc) is 3.35. The molecule has 0 aliphatic carbocycles. The molecule has 0 radical (unpaired) electrons. The highest BCUT2D eigenvalue weighted by Crippen LogP contribution is 2.35. The van der Waals surface area contributed by atoms with Crippen molar-refractivity contribution in [2.75, 3.05) is 6.61 Å². The van der Waals surface area contributed by atoms with Gasteiger partial charge in [0.05, 0.1) is 28.5 Å². The summed E-state index contributed by atoms with van der Waals surface area (Å²) in [5, 5.41) is 0.549. The molecule has 0 bridgehead atoms. The van der Waals surface area contributed by atoms with Crippen LogP contribution in [0.5, 0.6) is 5.75 Å². The third-order valence-corrected chi connectivity index (χ3v) is 8.80. The third-order valence-electron chi connectivity index (χ3n) is 7.03. The van der Waals surface area contributed by atoms with Crippen molar-refractivity contribution in [2.24, 2.45) is 4.99 Å². The van der Waals surface area contributed by atoms with Gasteiger partial charge in [0, 0.05) is 15.1 Å². The van der Waals surface area contributed by atoms with Gasteiger partial charge >= 0.3 is 5.97 Å². The number of aromatic nitrogens is 1. The van der Waals surface area contributed by atoms with Crippen LogP contribution in [-0.4, -0.2) is 17.1 Å². The number of carbonyl (C=O) groups is 1. The summed E-state index contributed by atoms with van der Waals surface area (Å²) in [6.07, 6.45) is 1.82. The van der Waals surface area contributed by atoms with E-state index in [4.69, 9.17) is 26.1 Å². The molecule has 6 rings (SSSR count). The van der Waals surface area contributed by atoms with E-state index in [2.05, 4.69) is 15.9 Å². The molecule has 1 aliphatic rings. The van der Waals surface area contributed by atoms with Crippen LogP contribution in [0.15, 0.2) is 123 Å². The Hall–Kier alpha value is -4.24. The molecule has 2 heterocycles. The van der Waals surface area contributed by atoms with Crippen LogP contribution in [0.1, 0.15) is 35.2 Å². The molecule has 4 aromatic carbocycles. The van der Waals surface area contributed by atoms with Gasteiger partial charge < -0.3 is 9.47 Å². The predicted molar refractivity (Wildman–Crippen MR) is 177 cm³/mol. The third kappa shape index (κ3) is 6.33. The number of halogens is 2. The molecule has 9 heteroatoms. The van der Waals surface area contributed by atoms with Gasteiger partial charge in [0.15, 0.2) is 4.80 Å². The van der Waals surface area contributed by atoms with E-state index in [1.165, 1.54) is 11.3 Å². The zero-order valence-corrected chi connectivity index (χ0v) is 26.7. The minimum absolute atomic E-state index is 0.183. The van der Waals surface area contributed by atoms with E-state index in [1.54, 1.807) is 23.6 Å². The van der Waals surface area contributed by atoms with E-state index < -0.39 is 12.0 Å². The lowest BCUT2D eigenvalue weighted by atomic mass is 9.93. The first-order valence-electron chi connectivity index (χ1n) is 13.9. The van der Waals surface area contributed by atoms with E-state index >= 15 is 0 Å². The molecule has 0 spiro atoms. The maximum absolute atomic E-state index is 14.1. The molecule has 0 amide bonds. The summed E-state index contributed by atoms with van der Waals surface area (Å²) in [7, 11) is 0. The Balaban J connectivity index is 1.47. The number of rotatable bonds is 8. The molecule has 220 valence electrons. The van der Waals surface area contributed by atoms with Gasteiger partial charge in [-0.15, -0.1) is 0 Å². The van der Waals surface area contributed by atoms with Crippen molar-refractivity contribution in [1.82, 2.24) is 4.57 Å². The van der Waals surface area contributed by atoms with Crippen molar-refractivity contribution in [3.05, 3.63) is 160 Å². The summed E-state index contributed by atoms with van der Waals surface area (Å²) in [6.45, 7) is 2.35. The summed E-state index contributed by atoms with van der Waals surface area (Å²) in [5.74, 6) is 0.157. The van der Waals surface area contributed by atoms with Crippen LogP contribution in [0.2, 0.25) is 5.02 Å². The van der Waals surface area contributed by atoms with Gasteiger partial charge in [-0.25, -0.2) is 9.79 Å². The SMILES string of the molecule is CCOC(=O)C1=C(c2ccccc2)N=c2s/c(=C\c3cccc(OCc4ccc(Br)cc4)c3)c(=O)n2[C@H]1c1ccc(Cl)cc1. The Kier molecular flexibility index (Phi) is 8.93. The molecular weight excluding hydrogens is 660 g/mol. The normalized spacial score (nSPS) is 14.6. The summed E-state index contributed by atoms with van der Waals surface area (Å²) in [4.78, 5) is 33.0. The molecule has 1 atom stereocenters. The van der Waals surface area contributed by atoms with E-state index in [1.807, 2.05) is 97.1 Å². The maximum Gasteiger partial charge on any atom is 0.338 e. The zero-order chi connectivity index (χ0) is 30.6. The fourth-order valence-corrected chi connectivity index (χ4v) is 6.38. The van der Waals surface area contributed by atoms with Crippen LogP contribution >= 0.6 is 38.9 Å². The quantitative estimate of drug-likeness (QED) is 0.166. The van der Waals surface area contributed by atoms with Gasteiger partial charge in [-0.05, 0) is 66.1 Å². The molecule has 1 aliphatic heterocycles. The zero-order valence-electron chi connectivity index (χ0n) is 23.6. The summed E-state index contributed by atoms with van der Waals surface area (Å²) >= 11 is 10.9. The maximum atomic E-state index is 14.1. The fraction of sp³-hybridized carbons (Fsp3) is 0.114. The second-order valence-corrected chi connectivity index (χ2v) is 12.3. The Morgan fingerprint density at radius 3 is 2.48 bits per heavy atom. The van der Waals surface area contributed by atoms with Crippen molar-refractivity contribution in [2.45, 2.75) is 19.6 Å². The Morgan fingerprint density at radius 2 is 1.75 bits per heavy atom. The molecule has 0 saturated carbocycles. The number of ether oxygens (including phenoxy) is 2. The molecule has 0 fully saturated rings. The van der Waals surface area contributed by atoms with Crippen LogP contribution in [0, 0.1) is 0 Å². The van der Waals surface area contributed by atoms with Gasteiger partial charge in [-0.2, -0.15) is 0 Å². The number of fused-ring (bicyclic) bond motifs is 1. The number of hydrogen-bond donors (Lipinski definition) is 0. The second kappa shape index (κ2) is 13.2. The van der Waals surface area contributed by atoms with Crippen molar-refractivity contribution in [1.29, 1.82) is 0 Å². The first kappa shape index (κ1) is 29.8. The van der Waals surface area contributed by atoms with Crippen molar-refractivity contribution < 1.29 is 14.3 Å². The highest BCUT2D eigenvalue weighted by atomic mass is 79.9. The van der Waals surface area contributed by atoms with Crippen molar-refractivity contribution >= 4 is 56.6 Å². The average molecular weight is 686 g/mol. The van der Waals surface area contributed by atoms with E-state index in [0.717, 1.165) is 26.7 Å². The number of hydrogen-bond acceptors (Lipinski definition) is 6. The molecule has 0 unspecified atom stereocenters. The molecule has 5 aromatic rings. The van der Waals surface area contributed by atoms with Crippen LogP contribution in [-0.2, 0) is 16.1 Å². The van der Waals surface area contributed by atoms with Gasteiger partial charge in [-0.1, -0.05) is 106 Å². The van der Waals surface area contributed by atoms with Gasteiger partial charge in [0.1, 0.15) is 12.4 Å². The second-order valence-electron chi connectivity index (χ2n) is 9.97. The summed E-state index contributed by atoms with van der Waals surface area (Å²) in [5.41, 5.74) is 3.83. The van der Waals surface area contributed by atoms with Gasteiger partial charge in [-0.3, -0.25) is 9.36 Å². The Morgan fingerprint density at radius 1 is 1.00 bits per heavy atom. The van der Waals surface area contributed by atoms with Crippen molar-refractivity contribution in [3.8, 4) is 5.75 Å². The first-order valence-corrected chi connectivity index (χ1v) is 15.9. The smallest absolute Gasteiger partial charge is 0.338 e. The highest BCUT2D eigenvalue weighted by molar-refractivity contribution is 9.10. The summed E-state index contributed by atoms with van der Waals surface area (Å²) in [6, 6.07) is 31.4. The molecular formula is C35H26BrClN2O4S. The van der Waals surface area contributed by atoms with Crippen LogP contribution in [0.3, 0.4) is 0 Å². The Labute approximate surface area is 271 Å². The topological polar surface area (TPSA) is 69.9 Å². The molecule has 0 N–H and O–H groups in total. The van der Waals surface area contributed by atoms with E-state index in [0.29, 0.717) is 38.0 Å². The minimum atomic E-state index is -0.763. The van der Waals surface area contributed by atoms with E-state index in [9.17, 15) is 9.59 Å². The van der Waals surface area contributed by atoms with Gasteiger partial charge in [0.2, 0.25) is 0 Å². The lowest BCUT2D eigenvalue weighted by molar-refractivity contribution is -0.138. The molecule has 44 heavy (non-hydrogen) atoms. The lowest BCUT2D eigenvalue weighted by Gasteiger charge is -2.25. The molecule has 1 aromatic heterocycles. The van der Waals surface area contributed by atoms with Crippen LogP contribution < -0.4 is 19.6 Å². The van der Waals surface area contributed by atoms with Crippen LogP contribution in [0.4, 0.5) is 0 Å². The monoisotopic (exact) mass is 684 g/mol. The lowest BCUT2D eigenvalue weighted by Crippen LogP contribution is -2.40. The standard InChI is InChI=1S/C35H26BrClN2O4S/c1-2-42-34(41)30-31(24-8-4-3-5-9-24)38-35-39(32(30)25-13-17-27(37)18-14-25)33(40)29(44-35)20-23-7-6-10-28(19-23)43-21-22-11-15-26(36)16-12-22/h3-20,32H,2,21H2,1H3/b29-20-/t32-/m0/s1. The minimum Gasteiger partial charge on any atom is -0.489 e. The number of thiazole rings is 1. The van der Waals surface area contributed by atoms with Crippen LogP contribution in [0.25, 0.3) is 11.8 Å². The van der Waals surface area contributed by atoms with E-state index in [-0.39, 0.29) is 12.2 Å². The molecule has 6 nitrogen and oxygen atoms in total. The largest absolute Gasteiger partial charge is 0.489 e.